The van der Waals surface area contributed by atoms with E-state index in [0.717, 1.165) is 17.6 Å². The molecule has 1 saturated heterocycles. The molecule has 0 saturated carbocycles. The normalized spacial score (nSPS) is 18.4. The summed E-state index contributed by atoms with van der Waals surface area (Å²) in [5.41, 5.74) is 2.50. The van der Waals surface area contributed by atoms with Crippen molar-refractivity contribution in [3.63, 3.8) is 0 Å². The fraction of sp³-hybridized carbons (Fsp3) is 0.389. The van der Waals surface area contributed by atoms with Gasteiger partial charge in [-0.25, -0.2) is 4.98 Å². The Morgan fingerprint density at radius 2 is 2.28 bits per heavy atom. The van der Waals surface area contributed by atoms with E-state index in [9.17, 15) is 4.79 Å². The summed E-state index contributed by atoms with van der Waals surface area (Å²) in [6.45, 7) is 4.08. The number of ether oxygens (including phenoxy) is 1. The molecule has 1 fully saturated rings. The molecule has 1 atom stereocenters. The minimum absolute atomic E-state index is 0.101. The van der Waals surface area contributed by atoms with Crippen molar-refractivity contribution >= 4 is 11.4 Å². The van der Waals surface area contributed by atoms with Crippen LogP contribution in [0.5, 0.6) is 0 Å². The van der Waals surface area contributed by atoms with Gasteiger partial charge in [0.2, 0.25) is 0 Å². The van der Waals surface area contributed by atoms with Crippen LogP contribution in [0.1, 0.15) is 21.9 Å². The molecule has 1 aliphatic heterocycles. The fourth-order valence-corrected chi connectivity index (χ4v) is 3.31. The first-order valence-corrected chi connectivity index (χ1v) is 8.40. The van der Waals surface area contributed by atoms with Crippen molar-refractivity contribution in [1.29, 1.82) is 0 Å². The lowest BCUT2D eigenvalue weighted by Crippen LogP contribution is -2.37. The van der Waals surface area contributed by atoms with E-state index in [1.807, 2.05) is 24.7 Å². The van der Waals surface area contributed by atoms with E-state index in [1.165, 1.54) is 6.39 Å². The maximum atomic E-state index is 12.7. The summed E-state index contributed by atoms with van der Waals surface area (Å²) in [6, 6.07) is 4.06. The first kappa shape index (κ1) is 15.8. The lowest BCUT2D eigenvalue weighted by molar-refractivity contribution is 0.0730. The Kier molecular flexibility index (Phi) is 4.23. The molecule has 130 valence electrons. The largest absolute Gasteiger partial charge is 0.448 e. The van der Waals surface area contributed by atoms with Crippen LogP contribution in [0, 0.1) is 12.8 Å². The summed E-state index contributed by atoms with van der Waals surface area (Å²) in [4.78, 5) is 23.1. The van der Waals surface area contributed by atoms with Gasteiger partial charge in [0, 0.05) is 37.6 Å². The van der Waals surface area contributed by atoms with E-state index in [2.05, 4.69) is 20.4 Å². The zero-order chi connectivity index (χ0) is 17.2. The van der Waals surface area contributed by atoms with Crippen molar-refractivity contribution in [2.24, 2.45) is 5.92 Å². The highest BCUT2D eigenvalue weighted by atomic mass is 16.5. The fourth-order valence-electron chi connectivity index (χ4n) is 3.31. The minimum Gasteiger partial charge on any atom is -0.448 e. The zero-order valence-electron chi connectivity index (χ0n) is 14.1. The molecule has 7 nitrogen and oxygen atoms in total. The molecule has 4 rings (SSSR count). The number of rotatable bonds is 3. The van der Waals surface area contributed by atoms with Gasteiger partial charge < -0.3 is 18.5 Å². The number of amides is 1. The molecule has 0 aliphatic carbocycles. The lowest BCUT2D eigenvalue weighted by Gasteiger charge is -2.23. The average Bonchev–Trinajstić information content (AvgIpc) is 3.19. The van der Waals surface area contributed by atoms with Gasteiger partial charge in [-0.1, -0.05) is 0 Å². The highest BCUT2D eigenvalue weighted by Gasteiger charge is 2.27. The number of aryl methyl sites for hydroxylation is 1. The second kappa shape index (κ2) is 6.68. The third-order valence-corrected chi connectivity index (χ3v) is 4.59. The van der Waals surface area contributed by atoms with Crippen LogP contribution < -0.4 is 0 Å². The summed E-state index contributed by atoms with van der Waals surface area (Å²) >= 11 is 0. The molecule has 4 heterocycles. The summed E-state index contributed by atoms with van der Waals surface area (Å²) in [7, 11) is 0. The highest BCUT2D eigenvalue weighted by molar-refractivity contribution is 5.93. The zero-order valence-corrected chi connectivity index (χ0v) is 14.1. The molecule has 0 spiro atoms. The maximum Gasteiger partial charge on any atom is 0.276 e. The molecule has 0 aromatic carbocycles. The van der Waals surface area contributed by atoms with Crippen LogP contribution in [-0.2, 0) is 11.2 Å². The van der Waals surface area contributed by atoms with Gasteiger partial charge in [0.25, 0.3) is 5.91 Å². The summed E-state index contributed by atoms with van der Waals surface area (Å²) < 4.78 is 13.0. The van der Waals surface area contributed by atoms with Crippen LogP contribution >= 0.6 is 0 Å². The molecule has 1 amide bonds. The van der Waals surface area contributed by atoms with Crippen molar-refractivity contribution in [3.8, 4) is 0 Å². The quantitative estimate of drug-likeness (QED) is 0.729. The van der Waals surface area contributed by atoms with Gasteiger partial charge in [0.15, 0.2) is 12.1 Å². The van der Waals surface area contributed by atoms with E-state index in [4.69, 9.17) is 9.15 Å². The number of carbonyl (C=O) groups excluding carboxylic acids is 1. The SMILES string of the molecule is Cc1ocnc1C(=O)N1CCOC[C@H](Cc2nccn3cccc23)C1. The van der Waals surface area contributed by atoms with Crippen LogP contribution in [0.3, 0.4) is 0 Å². The molecular weight excluding hydrogens is 320 g/mol. The van der Waals surface area contributed by atoms with Crippen LogP contribution in [0.4, 0.5) is 0 Å². The third-order valence-electron chi connectivity index (χ3n) is 4.59. The molecule has 3 aromatic rings. The predicted molar refractivity (Wildman–Crippen MR) is 90.3 cm³/mol. The summed E-state index contributed by atoms with van der Waals surface area (Å²) in [6.07, 6.45) is 7.82. The van der Waals surface area contributed by atoms with Crippen molar-refractivity contribution in [1.82, 2.24) is 19.3 Å². The second-order valence-corrected chi connectivity index (χ2v) is 6.33. The molecule has 25 heavy (non-hydrogen) atoms. The van der Waals surface area contributed by atoms with Gasteiger partial charge in [0.05, 0.1) is 24.4 Å². The van der Waals surface area contributed by atoms with Crippen molar-refractivity contribution in [2.45, 2.75) is 13.3 Å². The smallest absolute Gasteiger partial charge is 0.276 e. The van der Waals surface area contributed by atoms with Gasteiger partial charge in [-0.05, 0) is 25.5 Å². The van der Waals surface area contributed by atoms with Crippen molar-refractivity contribution < 1.29 is 13.9 Å². The Labute approximate surface area is 145 Å². The maximum absolute atomic E-state index is 12.7. The molecular formula is C18H20N4O3. The van der Waals surface area contributed by atoms with Crippen molar-refractivity contribution in [3.05, 3.63) is 54.3 Å². The van der Waals surface area contributed by atoms with Crippen molar-refractivity contribution in [2.75, 3.05) is 26.3 Å². The van der Waals surface area contributed by atoms with E-state index < -0.39 is 0 Å². The second-order valence-electron chi connectivity index (χ2n) is 6.33. The number of aromatic nitrogens is 3. The Morgan fingerprint density at radius 3 is 3.12 bits per heavy atom. The van der Waals surface area contributed by atoms with E-state index in [0.29, 0.717) is 37.8 Å². The third kappa shape index (κ3) is 3.15. The molecule has 0 N–H and O–H groups in total. The van der Waals surface area contributed by atoms with Gasteiger partial charge in [-0.3, -0.25) is 9.78 Å². The molecule has 1 aliphatic rings. The van der Waals surface area contributed by atoms with Crippen LogP contribution in [-0.4, -0.2) is 51.5 Å². The molecule has 0 bridgehead atoms. The number of fused-ring (bicyclic) bond motifs is 1. The Bertz CT molecular complexity index is 885. The molecule has 3 aromatic heterocycles. The van der Waals surface area contributed by atoms with Gasteiger partial charge in [-0.2, -0.15) is 0 Å². The number of hydrogen-bond acceptors (Lipinski definition) is 5. The molecule has 7 heteroatoms. The van der Waals surface area contributed by atoms with Crippen LogP contribution in [0.25, 0.3) is 5.52 Å². The first-order chi connectivity index (χ1) is 12.2. The van der Waals surface area contributed by atoms with E-state index in [-0.39, 0.29) is 11.8 Å². The minimum atomic E-state index is -0.101. The average molecular weight is 340 g/mol. The first-order valence-electron chi connectivity index (χ1n) is 8.40. The van der Waals surface area contributed by atoms with Gasteiger partial charge >= 0.3 is 0 Å². The van der Waals surface area contributed by atoms with E-state index in [1.54, 1.807) is 11.8 Å². The monoisotopic (exact) mass is 340 g/mol. The lowest BCUT2D eigenvalue weighted by atomic mass is 10.0. The predicted octanol–water partition coefficient (Wildman–Crippen LogP) is 1.96. The summed E-state index contributed by atoms with van der Waals surface area (Å²) in [5, 5.41) is 0. The Morgan fingerprint density at radius 1 is 1.36 bits per heavy atom. The topological polar surface area (TPSA) is 72.9 Å². The Balaban J connectivity index is 1.53. The number of carbonyl (C=O) groups is 1. The van der Waals surface area contributed by atoms with Crippen LogP contribution in [0.2, 0.25) is 0 Å². The molecule has 0 unspecified atom stereocenters. The van der Waals surface area contributed by atoms with Gasteiger partial charge in [0.1, 0.15) is 5.76 Å². The highest BCUT2D eigenvalue weighted by Crippen LogP contribution is 2.18. The van der Waals surface area contributed by atoms with Crippen LogP contribution in [0.15, 0.2) is 41.5 Å². The van der Waals surface area contributed by atoms with Gasteiger partial charge in [-0.15, -0.1) is 0 Å². The number of oxazole rings is 1. The standard InChI is InChI=1S/C18H20N4O3/c1-13-17(20-12-25-13)18(23)22-7-8-24-11-14(10-22)9-15-16-3-2-5-21(16)6-4-19-15/h2-6,12,14H,7-11H2,1H3/t14-/m1/s1. The molecule has 0 radical (unpaired) electrons. The summed E-state index contributed by atoms with van der Waals surface area (Å²) in [5.74, 6) is 0.634. The number of hydrogen-bond donors (Lipinski definition) is 0. The number of nitrogens with zero attached hydrogens (tertiary/aromatic N) is 4. The Hall–Kier alpha value is -2.67. The van der Waals surface area contributed by atoms with E-state index >= 15 is 0 Å².